The van der Waals surface area contributed by atoms with Crippen molar-refractivity contribution in [2.24, 2.45) is 5.73 Å². The standard InChI is InChI=1S/C23H36N4O2/c24-23(28)22-7-6-18(17-25-22)3-2-12-26-13-8-20(9-14-26)29-21-10-15-27(16-11-21)19-4-1-5-19/h6-7,17,19-21H,1-5,8-16H2,(H2,24,28). The Bertz CT molecular complexity index is 645. The molecule has 2 N–H and O–H groups in total. The molecule has 1 aromatic rings. The summed E-state index contributed by atoms with van der Waals surface area (Å²) in [6.45, 7) is 5.88. The van der Waals surface area contributed by atoms with Crippen molar-refractivity contribution < 1.29 is 9.53 Å². The highest BCUT2D eigenvalue weighted by Crippen LogP contribution is 2.29. The van der Waals surface area contributed by atoms with Gasteiger partial charge in [-0.3, -0.25) is 9.78 Å². The van der Waals surface area contributed by atoms with Gasteiger partial charge in [0.15, 0.2) is 0 Å². The Hall–Kier alpha value is -1.50. The lowest BCUT2D eigenvalue weighted by atomic mass is 9.89. The lowest BCUT2D eigenvalue weighted by Crippen LogP contribution is -2.47. The Morgan fingerprint density at radius 2 is 1.72 bits per heavy atom. The van der Waals surface area contributed by atoms with Gasteiger partial charge >= 0.3 is 0 Å². The van der Waals surface area contributed by atoms with Gasteiger partial charge in [0.1, 0.15) is 5.69 Å². The number of piperidine rings is 2. The Morgan fingerprint density at radius 3 is 2.28 bits per heavy atom. The molecule has 1 saturated carbocycles. The van der Waals surface area contributed by atoms with Gasteiger partial charge < -0.3 is 20.3 Å². The first-order chi connectivity index (χ1) is 14.2. The van der Waals surface area contributed by atoms with E-state index in [1.807, 2.05) is 6.07 Å². The second-order valence-corrected chi connectivity index (χ2v) is 9.02. The highest BCUT2D eigenvalue weighted by Gasteiger charge is 2.30. The number of hydrogen-bond acceptors (Lipinski definition) is 5. The van der Waals surface area contributed by atoms with Gasteiger partial charge in [0.25, 0.3) is 5.91 Å². The molecule has 6 nitrogen and oxygen atoms in total. The van der Waals surface area contributed by atoms with E-state index >= 15 is 0 Å². The molecular formula is C23H36N4O2. The highest BCUT2D eigenvalue weighted by molar-refractivity contribution is 5.90. The van der Waals surface area contributed by atoms with Crippen LogP contribution in [0.4, 0.5) is 0 Å². The number of pyridine rings is 1. The highest BCUT2D eigenvalue weighted by atomic mass is 16.5. The Labute approximate surface area is 174 Å². The van der Waals surface area contributed by atoms with E-state index in [-0.39, 0.29) is 0 Å². The van der Waals surface area contributed by atoms with Gasteiger partial charge in [0, 0.05) is 38.4 Å². The summed E-state index contributed by atoms with van der Waals surface area (Å²) in [5.41, 5.74) is 6.74. The fourth-order valence-corrected chi connectivity index (χ4v) is 4.89. The minimum atomic E-state index is -0.467. The van der Waals surface area contributed by atoms with Crippen LogP contribution in [-0.2, 0) is 11.2 Å². The van der Waals surface area contributed by atoms with Crippen molar-refractivity contribution in [2.45, 2.75) is 76.0 Å². The zero-order valence-corrected chi connectivity index (χ0v) is 17.6. The molecule has 0 spiro atoms. The fourth-order valence-electron chi connectivity index (χ4n) is 4.89. The number of likely N-dealkylation sites (tertiary alicyclic amines) is 2. The van der Waals surface area contributed by atoms with Crippen LogP contribution in [0.3, 0.4) is 0 Å². The van der Waals surface area contributed by atoms with Crippen molar-refractivity contribution in [1.29, 1.82) is 0 Å². The molecule has 160 valence electrons. The SMILES string of the molecule is NC(=O)c1ccc(CCCN2CCC(OC3CCN(C4CCC4)CC3)CC2)cn1. The molecule has 1 amide bonds. The summed E-state index contributed by atoms with van der Waals surface area (Å²) < 4.78 is 6.47. The van der Waals surface area contributed by atoms with Gasteiger partial charge in [0.2, 0.25) is 0 Å². The molecule has 1 aromatic heterocycles. The summed E-state index contributed by atoms with van der Waals surface area (Å²) in [4.78, 5) is 20.5. The third-order valence-corrected chi connectivity index (χ3v) is 7.00. The van der Waals surface area contributed by atoms with E-state index in [0.29, 0.717) is 17.9 Å². The number of carbonyl (C=O) groups excluding carboxylic acids is 1. The molecule has 2 saturated heterocycles. The average molecular weight is 401 g/mol. The fraction of sp³-hybridized carbons (Fsp3) is 0.739. The molecule has 6 heteroatoms. The van der Waals surface area contributed by atoms with E-state index in [1.54, 1.807) is 12.3 Å². The third kappa shape index (κ3) is 5.77. The molecule has 0 bridgehead atoms. The first kappa shape index (κ1) is 20.8. The lowest BCUT2D eigenvalue weighted by molar-refractivity contribution is -0.0720. The number of amides is 1. The molecule has 0 radical (unpaired) electrons. The number of aryl methyl sites for hydroxylation is 1. The molecule has 3 heterocycles. The molecule has 1 aliphatic carbocycles. The van der Waals surface area contributed by atoms with E-state index in [4.69, 9.17) is 10.5 Å². The molecule has 29 heavy (non-hydrogen) atoms. The van der Waals surface area contributed by atoms with E-state index in [9.17, 15) is 4.79 Å². The molecule has 3 fully saturated rings. The van der Waals surface area contributed by atoms with Crippen molar-refractivity contribution in [3.8, 4) is 0 Å². The molecular weight excluding hydrogens is 364 g/mol. The van der Waals surface area contributed by atoms with Crippen LogP contribution in [0.1, 0.15) is 67.4 Å². The smallest absolute Gasteiger partial charge is 0.267 e. The quantitative estimate of drug-likeness (QED) is 0.726. The van der Waals surface area contributed by atoms with E-state index < -0.39 is 5.91 Å². The van der Waals surface area contributed by atoms with Crippen LogP contribution in [0.2, 0.25) is 0 Å². The zero-order valence-electron chi connectivity index (χ0n) is 17.6. The van der Waals surface area contributed by atoms with Crippen LogP contribution in [0.15, 0.2) is 18.3 Å². The first-order valence-corrected chi connectivity index (χ1v) is 11.5. The number of primary amides is 1. The molecule has 3 aliphatic rings. The Balaban J connectivity index is 1.09. The van der Waals surface area contributed by atoms with Crippen molar-refractivity contribution in [3.05, 3.63) is 29.6 Å². The maximum absolute atomic E-state index is 11.1. The Kier molecular flexibility index (Phi) is 7.16. The topological polar surface area (TPSA) is 71.7 Å². The van der Waals surface area contributed by atoms with E-state index in [1.165, 1.54) is 50.8 Å². The predicted octanol–water partition coefficient (Wildman–Crippen LogP) is 2.61. The number of rotatable bonds is 8. The van der Waals surface area contributed by atoms with E-state index in [0.717, 1.165) is 51.4 Å². The van der Waals surface area contributed by atoms with Crippen LogP contribution in [0.25, 0.3) is 0 Å². The summed E-state index contributed by atoms with van der Waals surface area (Å²) in [7, 11) is 0. The van der Waals surface area contributed by atoms with Gasteiger partial charge in [-0.25, -0.2) is 0 Å². The molecule has 2 aliphatic heterocycles. The number of carbonyl (C=O) groups is 1. The van der Waals surface area contributed by atoms with Crippen LogP contribution in [0, 0.1) is 0 Å². The summed E-state index contributed by atoms with van der Waals surface area (Å²) in [6, 6.07) is 4.57. The summed E-state index contributed by atoms with van der Waals surface area (Å²) in [5.74, 6) is -0.467. The summed E-state index contributed by atoms with van der Waals surface area (Å²) in [6.07, 6.45) is 13.8. The summed E-state index contributed by atoms with van der Waals surface area (Å²) >= 11 is 0. The lowest BCUT2D eigenvalue weighted by Gasteiger charge is -2.42. The largest absolute Gasteiger partial charge is 0.375 e. The number of ether oxygens (including phenoxy) is 1. The van der Waals surface area contributed by atoms with Crippen molar-refractivity contribution in [1.82, 2.24) is 14.8 Å². The predicted molar refractivity (Wildman–Crippen MR) is 114 cm³/mol. The van der Waals surface area contributed by atoms with Gasteiger partial charge in [0.05, 0.1) is 12.2 Å². The second kappa shape index (κ2) is 10.0. The molecule has 0 aromatic carbocycles. The van der Waals surface area contributed by atoms with Crippen molar-refractivity contribution in [3.63, 3.8) is 0 Å². The zero-order chi connectivity index (χ0) is 20.1. The van der Waals surface area contributed by atoms with Crippen LogP contribution >= 0.6 is 0 Å². The molecule has 0 unspecified atom stereocenters. The average Bonchev–Trinajstić information content (AvgIpc) is 2.70. The number of aromatic nitrogens is 1. The minimum absolute atomic E-state index is 0.338. The number of nitrogens with zero attached hydrogens (tertiary/aromatic N) is 3. The van der Waals surface area contributed by atoms with Crippen LogP contribution in [0.5, 0.6) is 0 Å². The molecule has 4 rings (SSSR count). The first-order valence-electron chi connectivity index (χ1n) is 11.5. The number of nitrogens with two attached hydrogens (primary N) is 1. The van der Waals surface area contributed by atoms with Crippen LogP contribution in [-0.4, -0.2) is 71.7 Å². The Morgan fingerprint density at radius 1 is 1.03 bits per heavy atom. The van der Waals surface area contributed by atoms with Gasteiger partial charge in [-0.1, -0.05) is 12.5 Å². The second-order valence-electron chi connectivity index (χ2n) is 9.02. The van der Waals surface area contributed by atoms with Crippen LogP contribution < -0.4 is 5.73 Å². The summed E-state index contributed by atoms with van der Waals surface area (Å²) in [5, 5.41) is 0. The van der Waals surface area contributed by atoms with Crippen molar-refractivity contribution >= 4 is 5.91 Å². The van der Waals surface area contributed by atoms with Gasteiger partial charge in [-0.15, -0.1) is 0 Å². The third-order valence-electron chi connectivity index (χ3n) is 7.00. The minimum Gasteiger partial charge on any atom is -0.375 e. The normalized spacial score (nSPS) is 23.2. The maximum Gasteiger partial charge on any atom is 0.267 e. The van der Waals surface area contributed by atoms with Gasteiger partial charge in [-0.05, 0) is 69.5 Å². The maximum atomic E-state index is 11.1. The van der Waals surface area contributed by atoms with E-state index in [2.05, 4.69) is 14.8 Å². The number of hydrogen-bond donors (Lipinski definition) is 1. The molecule has 0 atom stereocenters. The van der Waals surface area contributed by atoms with Crippen molar-refractivity contribution in [2.75, 3.05) is 32.7 Å². The van der Waals surface area contributed by atoms with Gasteiger partial charge in [-0.2, -0.15) is 0 Å². The monoisotopic (exact) mass is 400 g/mol.